The standard InChI is InChI=1S/C55H88N18O10/c56-37(16-8-22-63-52(57)58)45(76)67-38(17-9-23-64-53(59)60)47(78)69-25-20-55(21-26-69)51(83)70(32-72(55)36-14-2-1-3-15-36)30-44(75)66-40(31-74)48(79)71-29-35-13-5-4-11-33(35)27-43(71)49(80)73-41-19-7-6-12-34(41)28-42(73)46(77)68-39(50(81)82)18-10-24-65-54(61)62/h4-5,11,13,34,36-43,74H,1-3,6-10,12,14-32,56H2,(H,66,75)(H,67,76)(H,68,77)(H,81,82)(H4,57,58,63)(H4,59,60,64)(H4,61,62,65)/t34-,37+,38-,39-,40-,41-,42-,43+/m0/s1. The summed E-state index contributed by atoms with van der Waals surface area (Å²) in [7, 11) is 0. The van der Waals surface area contributed by atoms with Gasteiger partial charge in [-0.05, 0) is 101 Å². The second kappa shape index (κ2) is 29.3. The van der Waals surface area contributed by atoms with Crippen LogP contribution in [0.1, 0.15) is 127 Å². The first kappa shape index (κ1) is 63.3. The Morgan fingerprint density at radius 2 is 1.29 bits per heavy atom. The maximum atomic E-state index is 15.3. The van der Waals surface area contributed by atoms with Gasteiger partial charge in [0.1, 0.15) is 42.3 Å². The van der Waals surface area contributed by atoms with Gasteiger partial charge in [0.05, 0.1) is 19.3 Å². The molecule has 0 unspecified atom stereocenters. The van der Waals surface area contributed by atoms with Crippen LogP contribution in [0.3, 0.4) is 0 Å². The van der Waals surface area contributed by atoms with Gasteiger partial charge < -0.3 is 85.9 Å². The highest BCUT2D eigenvalue weighted by molar-refractivity contribution is 5.98. The zero-order chi connectivity index (χ0) is 60.0. The molecule has 7 amide bonds. The summed E-state index contributed by atoms with van der Waals surface area (Å²) in [6.07, 6.45) is 10.2. The Kier molecular flexibility index (Phi) is 22.3. The minimum atomic E-state index is -1.53. The van der Waals surface area contributed by atoms with Crippen LogP contribution in [0.2, 0.25) is 0 Å². The van der Waals surface area contributed by atoms with Gasteiger partial charge in [-0.2, -0.15) is 0 Å². The molecule has 19 N–H and O–H groups in total. The van der Waals surface area contributed by atoms with E-state index in [-0.39, 0.29) is 139 Å². The molecule has 1 spiro atoms. The first-order valence-electron chi connectivity index (χ1n) is 29.4. The summed E-state index contributed by atoms with van der Waals surface area (Å²) < 4.78 is 0. The highest BCUT2D eigenvalue weighted by Crippen LogP contribution is 2.43. The molecule has 0 bridgehead atoms. The number of aliphatic carboxylic acids is 1. The van der Waals surface area contributed by atoms with E-state index < -0.39 is 90.4 Å². The summed E-state index contributed by atoms with van der Waals surface area (Å²) in [4.78, 5) is 134. The zero-order valence-corrected chi connectivity index (χ0v) is 47.6. The Morgan fingerprint density at radius 3 is 1.90 bits per heavy atom. The molecule has 1 aromatic carbocycles. The number of carboxylic acids is 1. The van der Waals surface area contributed by atoms with E-state index in [0.29, 0.717) is 25.7 Å². The third-order valence-electron chi connectivity index (χ3n) is 17.5. The van der Waals surface area contributed by atoms with E-state index in [1.807, 2.05) is 24.3 Å². The van der Waals surface area contributed by atoms with Crippen molar-refractivity contribution in [2.75, 3.05) is 52.5 Å². The maximum Gasteiger partial charge on any atom is 0.326 e. The predicted molar refractivity (Wildman–Crippen MR) is 308 cm³/mol. The molecule has 2 aliphatic carbocycles. The molecule has 458 valence electrons. The number of benzene rings is 1. The molecule has 4 aliphatic heterocycles. The number of hydrogen-bond donors (Lipinski definition) is 12. The van der Waals surface area contributed by atoms with E-state index in [9.17, 15) is 43.8 Å². The number of nitrogens with zero attached hydrogens (tertiary/aromatic N) is 8. The Bertz CT molecular complexity index is 2580. The van der Waals surface area contributed by atoms with E-state index in [1.54, 1.807) is 9.80 Å². The van der Waals surface area contributed by atoms with E-state index in [4.69, 9.17) is 40.1 Å². The number of carbonyl (C=O) groups is 8. The first-order valence-corrected chi connectivity index (χ1v) is 29.4. The largest absolute Gasteiger partial charge is 0.480 e. The number of rotatable bonds is 25. The number of fused-ring (bicyclic) bond motifs is 2. The van der Waals surface area contributed by atoms with Crippen molar-refractivity contribution >= 4 is 65.2 Å². The molecule has 3 saturated heterocycles. The molecule has 0 aromatic heterocycles. The molecule has 2 saturated carbocycles. The van der Waals surface area contributed by atoms with Crippen LogP contribution in [0.5, 0.6) is 0 Å². The lowest BCUT2D eigenvalue weighted by Crippen LogP contribution is -2.62. The molecular formula is C55H88N18O10. The average Bonchev–Trinajstić information content (AvgIpc) is 2.37. The summed E-state index contributed by atoms with van der Waals surface area (Å²) in [5.41, 5.74) is 39.6. The second-order valence-corrected chi connectivity index (χ2v) is 23.0. The summed E-state index contributed by atoms with van der Waals surface area (Å²) >= 11 is 0. The van der Waals surface area contributed by atoms with Crippen molar-refractivity contribution in [3.63, 3.8) is 0 Å². The van der Waals surface area contributed by atoms with Gasteiger partial charge >= 0.3 is 5.97 Å². The summed E-state index contributed by atoms with van der Waals surface area (Å²) in [5, 5.41) is 29.2. The summed E-state index contributed by atoms with van der Waals surface area (Å²) in [5.74, 6) is -5.34. The van der Waals surface area contributed by atoms with Crippen LogP contribution in [-0.2, 0) is 51.3 Å². The van der Waals surface area contributed by atoms with Gasteiger partial charge in [-0.1, -0.05) is 56.4 Å². The number of nitrogens with two attached hydrogens (primary N) is 7. The number of carbonyl (C=O) groups excluding carboxylic acids is 7. The minimum absolute atomic E-state index is 0.0213. The van der Waals surface area contributed by atoms with Crippen molar-refractivity contribution in [1.29, 1.82) is 0 Å². The maximum absolute atomic E-state index is 15.3. The van der Waals surface area contributed by atoms with Crippen molar-refractivity contribution in [3.8, 4) is 0 Å². The van der Waals surface area contributed by atoms with Crippen molar-refractivity contribution in [2.45, 2.75) is 182 Å². The monoisotopic (exact) mass is 1160 g/mol. The van der Waals surface area contributed by atoms with Crippen molar-refractivity contribution in [3.05, 3.63) is 35.4 Å². The normalized spacial score (nSPS) is 22.9. The van der Waals surface area contributed by atoms with Crippen LogP contribution in [0.25, 0.3) is 0 Å². The average molecular weight is 1160 g/mol. The molecule has 83 heavy (non-hydrogen) atoms. The molecule has 7 rings (SSSR count). The second-order valence-electron chi connectivity index (χ2n) is 23.0. The fourth-order valence-electron chi connectivity index (χ4n) is 13.3. The van der Waals surface area contributed by atoms with Crippen molar-refractivity contribution in [2.24, 2.45) is 61.0 Å². The number of aliphatic imine (C=N–C) groups is 3. The predicted octanol–water partition coefficient (Wildman–Crippen LogP) is -3.09. The quantitative estimate of drug-likeness (QED) is 0.0262. The molecule has 28 nitrogen and oxygen atoms in total. The molecular weight excluding hydrogens is 1070 g/mol. The van der Waals surface area contributed by atoms with Gasteiger partial charge in [-0.15, -0.1) is 0 Å². The number of carboxylic acid groups (broad SMARTS) is 1. The number of likely N-dealkylation sites (tertiary alicyclic amines) is 2. The zero-order valence-electron chi connectivity index (χ0n) is 47.6. The number of hydrogen-bond acceptors (Lipinski definition) is 14. The van der Waals surface area contributed by atoms with E-state index in [1.165, 1.54) is 9.80 Å². The van der Waals surface area contributed by atoms with E-state index in [0.717, 1.165) is 62.5 Å². The van der Waals surface area contributed by atoms with Gasteiger partial charge in [-0.25, -0.2) is 4.79 Å². The number of amides is 7. The van der Waals surface area contributed by atoms with Crippen LogP contribution in [0.4, 0.5) is 0 Å². The molecule has 0 radical (unpaired) electrons. The van der Waals surface area contributed by atoms with Gasteiger partial charge in [-0.3, -0.25) is 53.4 Å². The van der Waals surface area contributed by atoms with E-state index >= 15 is 4.79 Å². The van der Waals surface area contributed by atoms with Gasteiger partial charge in [0, 0.05) is 57.8 Å². The lowest BCUT2D eigenvalue weighted by Gasteiger charge is -2.46. The Balaban J connectivity index is 1.05. The third kappa shape index (κ3) is 15.9. The molecule has 4 heterocycles. The van der Waals surface area contributed by atoms with Gasteiger partial charge in [0.15, 0.2) is 17.9 Å². The van der Waals surface area contributed by atoms with Crippen molar-refractivity contribution in [1.82, 2.24) is 40.4 Å². The van der Waals surface area contributed by atoms with Gasteiger partial charge in [0.25, 0.3) is 0 Å². The summed E-state index contributed by atoms with van der Waals surface area (Å²) in [6, 6.07) is 0.128. The van der Waals surface area contributed by atoms with E-state index in [2.05, 4.69) is 35.8 Å². The van der Waals surface area contributed by atoms with Crippen LogP contribution >= 0.6 is 0 Å². The molecule has 8 atom stereocenters. The highest BCUT2D eigenvalue weighted by atomic mass is 16.4. The number of aliphatic hydroxyl groups is 1. The molecule has 5 fully saturated rings. The lowest BCUT2D eigenvalue weighted by molar-refractivity contribution is -0.153. The van der Waals surface area contributed by atoms with Crippen LogP contribution in [-0.4, -0.2) is 206 Å². The smallest absolute Gasteiger partial charge is 0.326 e. The molecule has 1 aromatic rings. The Hall–Kier alpha value is -7.33. The van der Waals surface area contributed by atoms with Crippen molar-refractivity contribution < 1.29 is 48.6 Å². The lowest BCUT2D eigenvalue weighted by atomic mass is 9.82. The van der Waals surface area contributed by atoms with Gasteiger partial charge in [0.2, 0.25) is 41.4 Å². The topological polar surface area (TPSA) is 449 Å². The fourth-order valence-corrected chi connectivity index (χ4v) is 13.3. The fraction of sp³-hybridized carbons (Fsp3) is 0.691. The number of guanidine groups is 3. The highest BCUT2D eigenvalue weighted by Gasteiger charge is 2.57. The minimum Gasteiger partial charge on any atom is -0.480 e. The Morgan fingerprint density at radius 1 is 0.699 bits per heavy atom. The SMILES string of the molecule is NC(N)=NCCC[C@@H](N)C(=O)N[C@@H](CCCN=C(N)N)C(=O)N1CCC2(CC1)C(=O)N(CC(=O)N[C@@H](CO)C(=O)N1Cc3ccccc3C[C@@H]1C(=O)N1[C@H](C(=O)N[C@@H](CCCN=C(N)N)C(=O)O)C[C@@H]3CCCC[C@@H]31)CN2C1CCCCC1. The Labute approximate surface area is 484 Å². The molecule has 28 heteroatoms. The number of aliphatic hydroxyl groups excluding tert-OH is 1. The summed E-state index contributed by atoms with van der Waals surface area (Å²) in [6.45, 7) is -0.210. The first-order chi connectivity index (χ1) is 39.7. The number of piperidine rings is 1. The van der Waals surface area contributed by atoms with Crippen LogP contribution in [0, 0.1) is 5.92 Å². The molecule has 6 aliphatic rings. The van der Waals surface area contributed by atoms with Crippen LogP contribution in [0.15, 0.2) is 39.2 Å². The third-order valence-corrected chi connectivity index (χ3v) is 17.5. The number of nitrogens with one attached hydrogen (secondary N) is 3. The van der Waals surface area contributed by atoms with Crippen LogP contribution < -0.4 is 56.1 Å².